The molecule has 1 atom stereocenters. The fourth-order valence-corrected chi connectivity index (χ4v) is 3.12. The summed E-state index contributed by atoms with van der Waals surface area (Å²) in [6.45, 7) is 3.60. The lowest BCUT2D eigenvalue weighted by atomic mass is 10.2. The van der Waals surface area contributed by atoms with Crippen LogP contribution in [-0.2, 0) is 11.3 Å². The van der Waals surface area contributed by atoms with Crippen molar-refractivity contribution >= 4 is 31.9 Å². The van der Waals surface area contributed by atoms with Crippen molar-refractivity contribution in [2.24, 2.45) is 0 Å². The molecule has 5 heteroatoms. The zero-order valence-corrected chi connectivity index (χ0v) is 13.4. The molecule has 0 aliphatic rings. The Labute approximate surface area is 119 Å². The summed E-state index contributed by atoms with van der Waals surface area (Å²) in [4.78, 5) is 0. The highest BCUT2D eigenvalue weighted by molar-refractivity contribution is 9.11. The summed E-state index contributed by atoms with van der Waals surface area (Å²) in [6.07, 6.45) is 0. The Bertz CT molecular complexity index is 349. The molecule has 0 radical (unpaired) electrons. The highest BCUT2D eigenvalue weighted by Crippen LogP contribution is 2.34. The second-order valence-corrected chi connectivity index (χ2v) is 5.54. The molecule has 96 valence electrons. The van der Waals surface area contributed by atoms with Gasteiger partial charge < -0.3 is 14.8 Å². The summed E-state index contributed by atoms with van der Waals surface area (Å²) < 4.78 is 12.2. The number of methoxy groups -OCH3 is 2. The first-order valence-corrected chi connectivity index (χ1v) is 6.91. The summed E-state index contributed by atoms with van der Waals surface area (Å²) in [6, 6.07) is 4.44. The first kappa shape index (κ1) is 15.0. The summed E-state index contributed by atoms with van der Waals surface area (Å²) in [7, 11) is 3.36. The Hall–Kier alpha value is -0.100. The summed E-state index contributed by atoms with van der Waals surface area (Å²) in [5.41, 5.74) is 1.19. The van der Waals surface area contributed by atoms with Crippen molar-refractivity contribution in [1.29, 1.82) is 0 Å². The van der Waals surface area contributed by atoms with Gasteiger partial charge in [0.25, 0.3) is 0 Å². The van der Waals surface area contributed by atoms with Crippen LogP contribution in [0.4, 0.5) is 0 Å². The van der Waals surface area contributed by atoms with Gasteiger partial charge in [0.1, 0.15) is 5.75 Å². The van der Waals surface area contributed by atoms with Crippen LogP contribution in [-0.4, -0.2) is 26.9 Å². The van der Waals surface area contributed by atoms with Gasteiger partial charge in [-0.05, 0) is 56.5 Å². The van der Waals surface area contributed by atoms with E-state index in [-0.39, 0.29) is 0 Å². The summed E-state index contributed by atoms with van der Waals surface area (Å²) >= 11 is 6.98. The SMILES string of the molecule is COCC(C)NCc1cc(Br)c(OC)c(Br)c1. The predicted molar refractivity (Wildman–Crippen MR) is 76.6 cm³/mol. The normalized spacial score (nSPS) is 12.5. The van der Waals surface area contributed by atoms with E-state index in [2.05, 4.69) is 56.2 Å². The van der Waals surface area contributed by atoms with Crippen LogP contribution < -0.4 is 10.1 Å². The van der Waals surface area contributed by atoms with Crippen LogP contribution in [0, 0.1) is 0 Å². The van der Waals surface area contributed by atoms with Gasteiger partial charge in [0.2, 0.25) is 0 Å². The minimum Gasteiger partial charge on any atom is -0.494 e. The molecule has 0 bridgehead atoms. The van der Waals surface area contributed by atoms with E-state index in [1.54, 1.807) is 14.2 Å². The Morgan fingerprint density at radius 3 is 2.29 bits per heavy atom. The number of benzene rings is 1. The molecule has 3 nitrogen and oxygen atoms in total. The molecule has 0 saturated carbocycles. The summed E-state index contributed by atoms with van der Waals surface area (Å²) in [5, 5.41) is 3.38. The highest BCUT2D eigenvalue weighted by Gasteiger charge is 2.08. The van der Waals surface area contributed by atoms with Gasteiger partial charge in [-0.2, -0.15) is 0 Å². The third kappa shape index (κ3) is 4.58. The minimum absolute atomic E-state index is 0.333. The Morgan fingerprint density at radius 1 is 1.24 bits per heavy atom. The number of hydrogen-bond acceptors (Lipinski definition) is 3. The van der Waals surface area contributed by atoms with E-state index in [0.29, 0.717) is 12.6 Å². The van der Waals surface area contributed by atoms with Crippen molar-refractivity contribution in [3.63, 3.8) is 0 Å². The Kier molecular flexibility index (Phi) is 6.48. The van der Waals surface area contributed by atoms with Crippen molar-refractivity contribution in [2.75, 3.05) is 20.8 Å². The predicted octanol–water partition coefficient (Wildman–Crippen LogP) is 3.34. The maximum Gasteiger partial charge on any atom is 0.147 e. The molecule has 1 aromatic rings. The van der Waals surface area contributed by atoms with E-state index in [4.69, 9.17) is 9.47 Å². The lowest BCUT2D eigenvalue weighted by Crippen LogP contribution is -2.29. The molecule has 0 aliphatic carbocycles. The van der Waals surface area contributed by atoms with Crippen LogP contribution in [0.1, 0.15) is 12.5 Å². The van der Waals surface area contributed by atoms with Gasteiger partial charge in [-0.25, -0.2) is 0 Å². The van der Waals surface area contributed by atoms with E-state index in [1.807, 2.05) is 0 Å². The molecule has 1 rings (SSSR count). The smallest absolute Gasteiger partial charge is 0.147 e. The Morgan fingerprint density at radius 2 is 1.82 bits per heavy atom. The van der Waals surface area contributed by atoms with Gasteiger partial charge in [-0.3, -0.25) is 0 Å². The summed E-state index contributed by atoms with van der Waals surface area (Å²) in [5.74, 6) is 0.818. The van der Waals surface area contributed by atoms with Crippen LogP contribution >= 0.6 is 31.9 Å². The molecule has 17 heavy (non-hydrogen) atoms. The van der Waals surface area contributed by atoms with Gasteiger partial charge in [0, 0.05) is 19.7 Å². The number of ether oxygens (including phenoxy) is 2. The number of rotatable bonds is 6. The van der Waals surface area contributed by atoms with E-state index < -0.39 is 0 Å². The van der Waals surface area contributed by atoms with Crippen molar-refractivity contribution in [1.82, 2.24) is 5.32 Å². The monoisotopic (exact) mass is 365 g/mol. The fraction of sp³-hybridized carbons (Fsp3) is 0.500. The maximum atomic E-state index is 5.26. The average Bonchev–Trinajstić information content (AvgIpc) is 2.26. The van der Waals surface area contributed by atoms with Crippen LogP contribution in [0.2, 0.25) is 0 Å². The molecule has 1 aromatic carbocycles. The third-order valence-electron chi connectivity index (χ3n) is 2.33. The average molecular weight is 367 g/mol. The molecule has 1 unspecified atom stereocenters. The first-order chi connectivity index (χ1) is 8.08. The molecule has 0 saturated heterocycles. The second-order valence-electron chi connectivity index (χ2n) is 3.83. The van der Waals surface area contributed by atoms with Gasteiger partial charge in [0.05, 0.1) is 22.7 Å². The molecular formula is C12H17Br2NO2. The van der Waals surface area contributed by atoms with Crippen molar-refractivity contribution in [3.05, 3.63) is 26.6 Å². The lowest BCUT2D eigenvalue weighted by molar-refractivity contribution is 0.171. The van der Waals surface area contributed by atoms with Crippen LogP contribution in [0.25, 0.3) is 0 Å². The second kappa shape index (κ2) is 7.36. The maximum absolute atomic E-state index is 5.26. The molecule has 0 fully saturated rings. The van der Waals surface area contributed by atoms with E-state index in [9.17, 15) is 0 Å². The number of nitrogens with one attached hydrogen (secondary N) is 1. The quantitative estimate of drug-likeness (QED) is 0.837. The molecule has 0 aliphatic heterocycles. The van der Waals surface area contributed by atoms with Gasteiger partial charge in [-0.1, -0.05) is 0 Å². The first-order valence-electron chi connectivity index (χ1n) is 5.32. The van der Waals surface area contributed by atoms with Crippen molar-refractivity contribution in [2.45, 2.75) is 19.5 Å². The van der Waals surface area contributed by atoms with Gasteiger partial charge >= 0.3 is 0 Å². The minimum atomic E-state index is 0.333. The van der Waals surface area contributed by atoms with Gasteiger partial charge in [0.15, 0.2) is 0 Å². The van der Waals surface area contributed by atoms with E-state index in [1.165, 1.54) is 5.56 Å². The molecule has 0 spiro atoms. The number of hydrogen-bond donors (Lipinski definition) is 1. The zero-order chi connectivity index (χ0) is 12.8. The van der Waals surface area contributed by atoms with Crippen molar-refractivity contribution in [3.8, 4) is 5.75 Å². The molecule has 0 heterocycles. The van der Waals surface area contributed by atoms with Crippen molar-refractivity contribution < 1.29 is 9.47 Å². The molecule has 0 aromatic heterocycles. The van der Waals surface area contributed by atoms with Gasteiger partial charge in [-0.15, -0.1) is 0 Å². The number of halogens is 2. The molecular weight excluding hydrogens is 350 g/mol. The van der Waals surface area contributed by atoms with Crippen LogP contribution in [0.15, 0.2) is 21.1 Å². The van der Waals surface area contributed by atoms with Crippen LogP contribution in [0.3, 0.4) is 0 Å². The molecule has 1 N–H and O–H groups in total. The van der Waals surface area contributed by atoms with Crippen LogP contribution in [0.5, 0.6) is 5.75 Å². The highest BCUT2D eigenvalue weighted by atomic mass is 79.9. The third-order valence-corrected chi connectivity index (χ3v) is 3.51. The standard InChI is InChI=1S/C12H17Br2NO2/c1-8(7-16-2)15-6-9-4-10(13)12(17-3)11(14)5-9/h4-5,8,15H,6-7H2,1-3H3. The topological polar surface area (TPSA) is 30.5 Å². The van der Waals surface area contributed by atoms with E-state index in [0.717, 1.165) is 21.2 Å². The Balaban J connectivity index is 2.67. The lowest BCUT2D eigenvalue weighted by Gasteiger charge is -2.14. The molecule has 0 amide bonds. The largest absolute Gasteiger partial charge is 0.494 e. The van der Waals surface area contributed by atoms with E-state index >= 15 is 0 Å². The zero-order valence-electron chi connectivity index (χ0n) is 10.2. The fourth-order valence-electron chi connectivity index (χ4n) is 1.51.